The zero-order valence-corrected chi connectivity index (χ0v) is 11.1. The summed E-state index contributed by atoms with van der Waals surface area (Å²) in [6, 6.07) is -0.422. The van der Waals surface area contributed by atoms with Gasteiger partial charge in [-0.05, 0) is 0 Å². The number of aromatic nitrogens is 1. The number of carbonyl (C=O) groups is 3. The standard InChI is InChI=1S/C10H14N4O4S/c1-14(4-7(11)15)10(18)12-3-2-8-13-6(5-19-8)9(16)17/h5H,2-4H2,1H3,(H2,11,15)(H,12,18)(H,16,17). The number of primary amides is 1. The molecule has 0 radical (unpaired) electrons. The molecular formula is C10H14N4O4S. The zero-order valence-electron chi connectivity index (χ0n) is 10.3. The van der Waals surface area contributed by atoms with Crippen LogP contribution in [0, 0.1) is 0 Å². The van der Waals surface area contributed by atoms with Crippen LogP contribution in [0.25, 0.3) is 0 Å². The largest absolute Gasteiger partial charge is 0.476 e. The molecule has 0 fully saturated rings. The molecule has 9 heteroatoms. The molecule has 0 bridgehead atoms. The van der Waals surface area contributed by atoms with Crippen LogP contribution in [-0.4, -0.2) is 53.0 Å². The van der Waals surface area contributed by atoms with Gasteiger partial charge in [0.15, 0.2) is 5.69 Å². The first kappa shape index (κ1) is 14.9. The molecule has 0 aliphatic heterocycles. The summed E-state index contributed by atoms with van der Waals surface area (Å²) in [4.78, 5) is 37.7. The Labute approximate surface area is 113 Å². The van der Waals surface area contributed by atoms with E-state index in [1.165, 1.54) is 23.8 Å². The average Bonchev–Trinajstić information content (AvgIpc) is 2.76. The molecule has 3 amide bonds. The van der Waals surface area contributed by atoms with Gasteiger partial charge in [-0.25, -0.2) is 14.6 Å². The first-order valence-electron chi connectivity index (χ1n) is 5.35. The van der Waals surface area contributed by atoms with Gasteiger partial charge in [-0.15, -0.1) is 11.3 Å². The maximum Gasteiger partial charge on any atom is 0.355 e. The number of urea groups is 1. The highest BCUT2D eigenvalue weighted by Gasteiger charge is 2.11. The molecule has 0 saturated carbocycles. The van der Waals surface area contributed by atoms with Crippen LogP contribution in [0.1, 0.15) is 15.5 Å². The van der Waals surface area contributed by atoms with E-state index in [4.69, 9.17) is 10.8 Å². The average molecular weight is 286 g/mol. The lowest BCUT2D eigenvalue weighted by Crippen LogP contribution is -2.42. The molecule has 1 aromatic heterocycles. The molecule has 0 spiro atoms. The van der Waals surface area contributed by atoms with E-state index >= 15 is 0 Å². The van der Waals surface area contributed by atoms with Gasteiger partial charge >= 0.3 is 12.0 Å². The van der Waals surface area contributed by atoms with Gasteiger partial charge in [-0.1, -0.05) is 0 Å². The number of nitrogens with one attached hydrogen (secondary N) is 1. The van der Waals surface area contributed by atoms with Crippen molar-refractivity contribution < 1.29 is 19.5 Å². The molecule has 4 N–H and O–H groups in total. The first-order chi connectivity index (χ1) is 8.90. The van der Waals surface area contributed by atoms with Gasteiger partial charge in [0.1, 0.15) is 6.54 Å². The van der Waals surface area contributed by atoms with Crippen LogP contribution in [0.4, 0.5) is 4.79 Å². The summed E-state index contributed by atoms with van der Waals surface area (Å²) in [5.74, 6) is -1.67. The molecule has 0 unspecified atom stereocenters. The predicted molar refractivity (Wildman–Crippen MR) is 68.0 cm³/mol. The van der Waals surface area contributed by atoms with Gasteiger partial charge < -0.3 is 21.1 Å². The van der Waals surface area contributed by atoms with E-state index in [0.29, 0.717) is 18.0 Å². The van der Waals surface area contributed by atoms with E-state index in [2.05, 4.69) is 10.3 Å². The minimum atomic E-state index is -1.08. The fourth-order valence-electron chi connectivity index (χ4n) is 1.24. The second-order valence-electron chi connectivity index (χ2n) is 3.74. The number of thiazole rings is 1. The highest BCUT2D eigenvalue weighted by atomic mass is 32.1. The molecule has 8 nitrogen and oxygen atoms in total. The normalized spacial score (nSPS) is 9.95. The van der Waals surface area contributed by atoms with Crippen molar-refractivity contribution in [3.8, 4) is 0 Å². The Balaban J connectivity index is 2.35. The van der Waals surface area contributed by atoms with Gasteiger partial charge in [0.25, 0.3) is 0 Å². The molecule has 1 heterocycles. The van der Waals surface area contributed by atoms with E-state index in [0.717, 1.165) is 4.90 Å². The minimum Gasteiger partial charge on any atom is -0.476 e. The number of likely N-dealkylation sites (N-methyl/N-ethyl adjacent to an activating group) is 1. The Kier molecular flexibility index (Phi) is 5.24. The Bertz CT molecular complexity index is 488. The maximum absolute atomic E-state index is 11.5. The van der Waals surface area contributed by atoms with Gasteiger partial charge in [0, 0.05) is 25.4 Å². The Morgan fingerprint density at radius 1 is 1.53 bits per heavy atom. The third-order valence-electron chi connectivity index (χ3n) is 2.13. The van der Waals surface area contributed by atoms with Crippen LogP contribution in [0.3, 0.4) is 0 Å². The van der Waals surface area contributed by atoms with Crippen molar-refractivity contribution in [1.82, 2.24) is 15.2 Å². The van der Waals surface area contributed by atoms with Crippen LogP contribution in [0.2, 0.25) is 0 Å². The number of rotatable bonds is 6. The van der Waals surface area contributed by atoms with Crippen molar-refractivity contribution in [1.29, 1.82) is 0 Å². The number of hydrogen-bond acceptors (Lipinski definition) is 5. The van der Waals surface area contributed by atoms with E-state index < -0.39 is 17.9 Å². The number of nitrogens with zero attached hydrogens (tertiary/aromatic N) is 2. The number of hydrogen-bond donors (Lipinski definition) is 3. The summed E-state index contributed by atoms with van der Waals surface area (Å²) >= 11 is 1.22. The van der Waals surface area contributed by atoms with E-state index in [9.17, 15) is 14.4 Å². The van der Waals surface area contributed by atoms with Crippen molar-refractivity contribution in [3.63, 3.8) is 0 Å². The second-order valence-corrected chi connectivity index (χ2v) is 4.68. The Morgan fingerprint density at radius 3 is 2.74 bits per heavy atom. The second kappa shape index (κ2) is 6.69. The number of nitrogens with two attached hydrogens (primary N) is 1. The molecule has 104 valence electrons. The fourth-order valence-corrected chi connectivity index (χ4v) is 2.01. The quantitative estimate of drug-likeness (QED) is 0.650. The SMILES string of the molecule is CN(CC(N)=O)C(=O)NCCc1nc(C(=O)O)cs1. The fraction of sp³-hybridized carbons (Fsp3) is 0.400. The molecule has 1 rings (SSSR count). The lowest BCUT2D eigenvalue weighted by atomic mass is 10.4. The monoisotopic (exact) mass is 286 g/mol. The van der Waals surface area contributed by atoms with Gasteiger partial charge in [-0.2, -0.15) is 0 Å². The van der Waals surface area contributed by atoms with Crippen molar-refractivity contribution in [2.24, 2.45) is 5.73 Å². The maximum atomic E-state index is 11.5. The van der Waals surface area contributed by atoms with Crippen molar-refractivity contribution in [2.45, 2.75) is 6.42 Å². The van der Waals surface area contributed by atoms with Crippen LogP contribution >= 0.6 is 11.3 Å². The van der Waals surface area contributed by atoms with Crippen LogP contribution < -0.4 is 11.1 Å². The van der Waals surface area contributed by atoms with Crippen molar-refractivity contribution in [2.75, 3.05) is 20.1 Å². The van der Waals surface area contributed by atoms with Crippen molar-refractivity contribution >= 4 is 29.2 Å². The summed E-state index contributed by atoms with van der Waals surface area (Å²) in [6.45, 7) is 0.140. The molecule has 0 aromatic carbocycles. The van der Waals surface area contributed by atoms with Crippen LogP contribution in [0.5, 0.6) is 0 Å². The summed E-state index contributed by atoms with van der Waals surface area (Å²) in [5.41, 5.74) is 4.95. The number of carboxylic acid groups (broad SMARTS) is 1. The number of carboxylic acids is 1. The zero-order chi connectivity index (χ0) is 14.4. The van der Waals surface area contributed by atoms with E-state index in [1.54, 1.807) is 0 Å². The third kappa shape index (κ3) is 4.92. The molecule has 19 heavy (non-hydrogen) atoms. The Morgan fingerprint density at radius 2 is 2.21 bits per heavy atom. The lowest BCUT2D eigenvalue weighted by Gasteiger charge is -2.15. The minimum absolute atomic E-state index is 0.00262. The summed E-state index contributed by atoms with van der Waals surface area (Å²) in [7, 11) is 1.45. The summed E-state index contributed by atoms with van der Waals surface area (Å²) in [5, 5.41) is 13.3. The van der Waals surface area contributed by atoms with Crippen LogP contribution in [-0.2, 0) is 11.2 Å². The van der Waals surface area contributed by atoms with E-state index in [-0.39, 0.29) is 12.2 Å². The van der Waals surface area contributed by atoms with Crippen LogP contribution in [0.15, 0.2) is 5.38 Å². The molecule has 0 aliphatic rings. The summed E-state index contributed by atoms with van der Waals surface area (Å²) < 4.78 is 0. The van der Waals surface area contributed by atoms with Gasteiger partial charge in [0.05, 0.1) is 5.01 Å². The number of carbonyl (C=O) groups excluding carboxylic acids is 2. The third-order valence-corrected chi connectivity index (χ3v) is 3.03. The molecule has 1 aromatic rings. The highest BCUT2D eigenvalue weighted by molar-refractivity contribution is 7.09. The topological polar surface area (TPSA) is 126 Å². The van der Waals surface area contributed by atoms with Gasteiger partial charge in [-0.3, -0.25) is 4.79 Å². The molecule has 0 aliphatic carbocycles. The lowest BCUT2D eigenvalue weighted by molar-refractivity contribution is -0.118. The first-order valence-corrected chi connectivity index (χ1v) is 6.23. The van der Waals surface area contributed by atoms with Crippen molar-refractivity contribution in [3.05, 3.63) is 16.1 Å². The Hall–Kier alpha value is -2.16. The predicted octanol–water partition coefficient (Wildman–Crippen LogP) is -0.489. The number of amides is 3. The number of aromatic carboxylic acids is 1. The van der Waals surface area contributed by atoms with E-state index in [1.807, 2.05) is 0 Å². The molecule has 0 saturated heterocycles. The molecule has 0 atom stereocenters. The molecular weight excluding hydrogens is 272 g/mol. The highest BCUT2D eigenvalue weighted by Crippen LogP contribution is 2.09. The summed E-state index contributed by atoms with van der Waals surface area (Å²) in [6.07, 6.45) is 0.425. The van der Waals surface area contributed by atoms with Gasteiger partial charge in [0.2, 0.25) is 5.91 Å². The smallest absolute Gasteiger partial charge is 0.355 e.